The lowest BCUT2D eigenvalue weighted by atomic mass is 9.91. The first kappa shape index (κ1) is 23.2. The van der Waals surface area contributed by atoms with Gasteiger partial charge < -0.3 is 15.5 Å². The number of aryl methyl sites for hydroxylation is 1. The van der Waals surface area contributed by atoms with Crippen LogP contribution in [-0.2, 0) is 15.1 Å². The van der Waals surface area contributed by atoms with Crippen molar-refractivity contribution in [3.05, 3.63) is 35.4 Å². The molecule has 1 unspecified atom stereocenters. The first-order valence-corrected chi connectivity index (χ1v) is 10.0. The molecule has 29 heavy (non-hydrogen) atoms. The van der Waals surface area contributed by atoms with Gasteiger partial charge in [0.1, 0.15) is 12.1 Å². The molecule has 0 saturated carbocycles. The zero-order valence-electron chi connectivity index (χ0n) is 17.4. The van der Waals surface area contributed by atoms with Crippen LogP contribution in [0.4, 0.5) is 4.79 Å². The summed E-state index contributed by atoms with van der Waals surface area (Å²) < 4.78 is 0. The molecule has 3 rings (SSSR count). The van der Waals surface area contributed by atoms with Crippen molar-refractivity contribution in [2.75, 3.05) is 32.7 Å². The van der Waals surface area contributed by atoms with Gasteiger partial charge in [-0.25, -0.2) is 4.79 Å². The summed E-state index contributed by atoms with van der Waals surface area (Å²) in [5.74, 6) is 0.0286. The quantitative estimate of drug-likeness (QED) is 0.687. The molecule has 0 spiro atoms. The Balaban J connectivity index is 0.00000300. The predicted octanol–water partition coefficient (Wildman–Crippen LogP) is 2.03. The minimum Gasteiger partial charge on any atom is -0.341 e. The van der Waals surface area contributed by atoms with E-state index in [2.05, 4.69) is 17.6 Å². The molecule has 0 radical (unpaired) electrons. The third-order valence-electron chi connectivity index (χ3n) is 5.85. The Morgan fingerprint density at radius 2 is 1.83 bits per heavy atom. The molecular weight excluding hydrogens is 392 g/mol. The van der Waals surface area contributed by atoms with Crippen LogP contribution in [0.25, 0.3) is 0 Å². The fourth-order valence-electron chi connectivity index (χ4n) is 3.89. The van der Waals surface area contributed by atoms with Gasteiger partial charge in [-0.1, -0.05) is 36.8 Å². The summed E-state index contributed by atoms with van der Waals surface area (Å²) in [6.45, 7) is 8.81. The van der Waals surface area contributed by atoms with Crippen molar-refractivity contribution in [1.29, 1.82) is 0 Å². The highest BCUT2D eigenvalue weighted by Gasteiger charge is 2.49. The summed E-state index contributed by atoms with van der Waals surface area (Å²) in [7, 11) is 0. The number of hydrogen-bond donors (Lipinski definition) is 2. The number of carbonyl (C=O) groups excluding carboxylic acids is 3. The van der Waals surface area contributed by atoms with E-state index >= 15 is 0 Å². The maximum atomic E-state index is 13.0. The molecule has 0 bridgehead atoms. The number of carbonyl (C=O) groups is 3. The van der Waals surface area contributed by atoms with Gasteiger partial charge in [0.25, 0.3) is 5.91 Å². The molecule has 2 aliphatic rings. The molecule has 7 nitrogen and oxygen atoms in total. The fraction of sp³-hybridized carbons (Fsp3) is 0.571. The predicted molar refractivity (Wildman–Crippen MR) is 114 cm³/mol. The van der Waals surface area contributed by atoms with Crippen molar-refractivity contribution in [1.82, 2.24) is 20.4 Å². The summed E-state index contributed by atoms with van der Waals surface area (Å²) in [6, 6.07) is 6.99. The molecule has 1 atom stereocenters. The molecule has 2 aliphatic heterocycles. The minimum atomic E-state index is -1.14. The Labute approximate surface area is 178 Å². The highest BCUT2D eigenvalue weighted by Crippen LogP contribution is 2.29. The highest BCUT2D eigenvalue weighted by molar-refractivity contribution is 6.09. The molecule has 2 heterocycles. The third kappa shape index (κ3) is 4.90. The number of urea groups is 1. The van der Waals surface area contributed by atoms with Crippen LogP contribution in [0, 0.1) is 12.8 Å². The van der Waals surface area contributed by atoms with Gasteiger partial charge in [-0.05, 0) is 51.3 Å². The SMILES string of the molecule is CCNCC1CCN(C(=O)CN2C(=O)NC(C)(c3ccc(C)cc3)C2=O)CC1.Cl. The second-order valence-corrected chi connectivity index (χ2v) is 7.94. The van der Waals surface area contributed by atoms with E-state index in [0.29, 0.717) is 19.0 Å². The lowest BCUT2D eigenvalue weighted by Gasteiger charge is -2.33. The Kier molecular flexibility index (Phi) is 7.66. The molecule has 2 fully saturated rings. The lowest BCUT2D eigenvalue weighted by Crippen LogP contribution is -2.47. The number of amides is 4. The normalized spacial score (nSPS) is 22.4. The summed E-state index contributed by atoms with van der Waals surface area (Å²) in [6.07, 6.45) is 1.89. The first-order valence-electron chi connectivity index (χ1n) is 10.0. The molecule has 160 valence electrons. The second-order valence-electron chi connectivity index (χ2n) is 7.94. The number of benzene rings is 1. The van der Waals surface area contributed by atoms with Crippen molar-refractivity contribution in [3.8, 4) is 0 Å². The zero-order valence-corrected chi connectivity index (χ0v) is 18.2. The van der Waals surface area contributed by atoms with Crippen LogP contribution in [0.5, 0.6) is 0 Å². The minimum absolute atomic E-state index is 0. The van der Waals surface area contributed by atoms with E-state index in [0.717, 1.165) is 42.0 Å². The van der Waals surface area contributed by atoms with Gasteiger partial charge >= 0.3 is 6.03 Å². The number of likely N-dealkylation sites (tertiary alicyclic amines) is 1. The number of rotatable bonds is 6. The molecule has 1 aromatic carbocycles. The highest BCUT2D eigenvalue weighted by atomic mass is 35.5. The third-order valence-corrected chi connectivity index (χ3v) is 5.85. The van der Waals surface area contributed by atoms with Crippen molar-refractivity contribution in [2.45, 2.75) is 39.2 Å². The summed E-state index contributed by atoms with van der Waals surface area (Å²) in [4.78, 5) is 40.9. The van der Waals surface area contributed by atoms with Crippen LogP contribution < -0.4 is 10.6 Å². The van der Waals surface area contributed by atoms with Crippen LogP contribution >= 0.6 is 12.4 Å². The van der Waals surface area contributed by atoms with Gasteiger partial charge in [0, 0.05) is 13.1 Å². The van der Waals surface area contributed by atoms with Crippen molar-refractivity contribution >= 4 is 30.3 Å². The summed E-state index contributed by atoms with van der Waals surface area (Å²) in [5.41, 5.74) is 0.661. The summed E-state index contributed by atoms with van der Waals surface area (Å²) >= 11 is 0. The molecule has 1 aromatic rings. The Hall–Kier alpha value is -2.12. The van der Waals surface area contributed by atoms with Crippen LogP contribution in [0.3, 0.4) is 0 Å². The van der Waals surface area contributed by atoms with Crippen molar-refractivity contribution < 1.29 is 14.4 Å². The Morgan fingerprint density at radius 3 is 2.41 bits per heavy atom. The van der Waals surface area contributed by atoms with Gasteiger partial charge in [-0.15, -0.1) is 12.4 Å². The first-order chi connectivity index (χ1) is 13.3. The fourth-order valence-corrected chi connectivity index (χ4v) is 3.89. The monoisotopic (exact) mass is 422 g/mol. The van der Waals surface area contributed by atoms with Gasteiger partial charge in [-0.3, -0.25) is 14.5 Å². The van der Waals surface area contributed by atoms with E-state index in [-0.39, 0.29) is 30.8 Å². The average molecular weight is 423 g/mol. The van der Waals surface area contributed by atoms with E-state index in [1.807, 2.05) is 31.2 Å². The smallest absolute Gasteiger partial charge is 0.325 e. The number of nitrogens with one attached hydrogen (secondary N) is 2. The number of imide groups is 1. The van der Waals surface area contributed by atoms with Gasteiger partial charge in [0.15, 0.2) is 0 Å². The van der Waals surface area contributed by atoms with Crippen LogP contribution in [0.2, 0.25) is 0 Å². The van der Waals surface area contributed by atoms with Crippen LogP contribution in [0.1, 0.15) is 37.8 Å². The second kappa shape index (κ2) is 9.59. The van der Waals surface area contributed by atoms with E-state index in [1.165, 1.54) is 0 Å². The largest absolute Gasteiger partial charge is 0.341 e. The number of hydrogen-bond acceptors (Lipinski definition) is 4. The van der Waals surface area contributed by atoms with E-state index in [1.54, 1.807) is 11.8 Å². The van der Waals surface area contributed by atoms with Gasteiger partial charge in [-0.2, -0.15) is 0 Å². The average Bonchev–Trinajstić information content (AvgIpc) is 2.91. The molecule has 0 aromatic heterocycles. The van der Waals surface area contributed by atoms with Crippen molar-refractivity contribution in [3.63, 3.8) is 0 Å². The standard InChI is InChI=1S/C21H30N4O3.ClH/c1-4-22-13-16-9-11-24(12-10-16)18(26)14-25-19(27)21(3,23-20(25)28)17-7-5-15(2)6-8-17;/h5-8,16,22H,4,9-14H2,1-3H3,(H,23,28);1H. The molecular formula is C21H31ClN4O3. The zero-order chi connectivity index (χ0) is 20.3. The molecule has 4 amide bonds. The molecule has 0 aliphatic carbocycles. The number of halogens is 1. The topological polar surface area (TPSA) is 81.8 Å². The van der Waals surface area contributed by atoms with Crippen LogP contribution in [-0.4, -0.2) is 60.4 Å². The van der Waals surface area contributed by atoms with E-state index < -0.39 is 11.6 Å². The van der Waals surface area contributed by atoms with E-state index in [4.69, 9.17) is 0 Å². The van der Waals surface area contributed by atoms with Gasteiger partial charge in [0.2, 0.25) is 5.91 Å². The van der Waals surface area contributed by atoms with Gasteiger partial charge in [0.05, 0.1) is 0 Å². The van der Waals surface area contributed by atoms with Crippen LogP contribution in [0.15, 0.2) is 24.3 Å². The molecule has 2 N–H and O–H groups in total. The number of piperidine rings is 1. The maximum Gasteiger partial charge on any atom is 0.325 e. The van der Waals surface area contributed by atoms with Crippen molar-refractivity contribution in [2.24, 2.45) is 5.92 Å². The Bertz CT molecular complexity index is 747. The molecule has 8 heteroatoms. The molecule has 2 saturated heterocycles. The van der Waals surface area contributed by atoms with E-state index in [9.17, 15) is 14.4 Å². The Morgan fingerprint density at radius 1 is 1.21 bits per heavy atom. The number of nitrogens with zero attached hydrogens (tertiary/aromatic N) is 2. The maximum absolute atomic E-state index is 13.0. The lowest BCUT2D eigenvalue weighted by molar-refractivity contribution is -0.139. The summed E-state index contributed by atoms with van der Waals surface area (Å²) in [5, 5.41) is 6.11.